The van der Waals surface area contributed by atoms with Gasteiger partial charge in [0.25, 0.3) is 0 Å². The summed E-state index contributed by atoms with van der Waals surface area (Å²) in [6.07, 6.45) is 0. The van der Waals surface area contributed by atoms with Crippen LogP contribution in [0.4, 0.5) is 0 Å². The van der Waals surface area contributed by atoms with Crippen LogP contribution >= 0.6 is 11.6 Å². The van der Waals surface area contributed by atoms with Crippen molar-refractivity contribution in [3.63, 3.8) is 0 Å². The summed E-state index contributed by atoms with van der Waals surface area (Å²) in [6, 6.07) is 11.1. The average Bonchev–Trinajstić information content (AvgIpc) is 2.85. The van der Waals surface area contributed by atoms with Gasteiger partial charge in [-0.2, -0.15) is 0 Å². The molecule has 0 fully saturated rings. The van der Waals surface area contributed by atoms with E-state index in [0.717, 1.165) is 0 Å². The molecule has 0 unspecified atom stereocenters. The zero-order valence-corrected chi connectivity index (χ0v) is 12.7. The Morgan fingerprint density at radius 3 is 2.73 bits per heavy atom. The van der Waals surface area contributed by atoms with Crippen molar-refractivity contribution < 1.29 is 12.8 Å². The quantitative estimate of drug-likeness (QED) is 0.763. The van der Waals surface area contributed by atoms with Crippen LogP contribution in [0.15, 0.2) is 56.6 Å². The zero-order chi connectivity index (χ0) is 15.7. The molecular weight excluding hydrogens is 328 g/mol. The number of benzene rings is 2. The molecule has 8 heteroatoms. The summed E-state index contributed by atoms with van der Waals surface area (Å²) in [5.74, 6) is -0.552. The van der Waals surface area contributed by atoms with Gasteiger partial charge < -0.3 is 4.42 Å². The van der Waals surface area contributed by atoms with Crippen molar-refractivity contribution in [2.45, 2.75) is 11.4 Å². The summed E-state index contributed by atoms with van der Waals surface area (Å²) in [7, 11) is -3.71. The van der Waals surface area contributed by atoms with E-state index in [1.807, 2.05) is 0 Å². The number of halogens is 1. The molecule has 6 nitrogen and oxygen atoms in total. The van der Waals surface area contributed by atoms with Crippen LogP contribution in [0.2, 0.25) is 5.02 Å². The average molecular weight is 339 g/mol. The third-order valence-corrected chi connectivity index (χ3v) is 4.98. The lowest BCUT2D eigenvalue weighted by Crippen LogP contribution is -2.23. The fourth-order valence-corrected chi connectivity index (χ4v) is 3.56. The number of hydrogen-bond donors (Lipinski definition) is 2. The maximum Gasteiger partial charge on any atom is 0.417 e. The third kappa shape index (κ3) is 2.92. The molecule has 114 valence electrons. The van der Waals surface area contributed by atoms with Gasteiger partial charge in [-0.05, 0) is 29.8 Å². The van der Waals surface area contributed by atoms with Gasteiger partial charge in [-0.15, -0.1) is 0 Å². The van der Waals surface area contributed by atoms with E-state index in [9.17, 15) is 13.2 Å². The number of rotatable bonds is 4. The molecule has 2 N–H and O–H groups in total. The molecule has 0 amide bonds. The van der Waals surface area contributed by atoms with Crippen LogP contribution in [0.5, 0.6) is 0 Å². The molecule has 0 aliphatic rings. The highest BCUT2D eigenvalue weighted by atomic mass is 35.5. The Morgan fingerprint density at radius 1 is 1.18 bits per heavy atom. The largest absolute Gasteiger partial charge is 0.417 e. The molecule has 1 aromatic heterocycles. The van der Waals surface area contributed by atoms with E-state index < -0.39 is 15.8 Å². The molecule has 3 rings (SSSR count). The van der Waals surface area contributed by atoms with Gasteiger partial charge >= 0.3 is 5.76 Å². The number of H-pyrrole nitrogens is 1. The number of hydrogen-bond acceptors (Lipinski definition) is 4. The molecular formula is C14H11ClN2O4S. The molecule has 0 spiro atoms. The molecule has 3 aromatic rings. The first-order chi connectivity index (χ1) is 10.5. The van der Waals surface area contributed by atoms with Crippen molar-refractivity contribution in [1.82, 2.24) is 9.71 Å². The summed E-state index contributed by atoms with van der Waals surface area (Å²) in [4.78, 5) is 13.6. The van der Waals surface area contributed by atoms with Crippen LogP contribution < -0.4 is 10.5 Å². The number of fused-ring (bicyclic) bond motifs is 1. The minimum Gasteiger partial charge on any atom is -0.408 e. The normalized spacial score (nSPS) is 11.9. The van der Waals surface area contributed by atoms with Crippen LogP contribution in [0, 0.1) is 0 Å². The molecule has 1 heterocycles. The number of aromatic amines is 1. The summed E-state index contributed by atoms with van der Waals surface area (Å²) in [6.45, 7) is 0.0662. The van der Waals surface area contributed by atoms with Gasteiger partial charge in [-0.3, -0.25) is 4.98 Å². The lowest BCUT2D eigenvalue weighted by molar-refractivity contribution is 0.555. The summed E-state index contributed by atoms with van der Waals surface area (Å²) < 4.78 is 31.8. The molecule has 0 saturated carbocycles. The molecule has 0 aliphatic heterocycles. The van der Waals surface area contributed by atoms with E-state index in [1.165, 1.54) is 12.1 Å². The Bertz CT molecular complexity index is 991. The Hall–Kier alpha value is -2.09. The van der Waals surface area contributed by atoms with Gasteiger partial charge in [0.2, 0.25) is 10.0 Å². The lowest BCUT2D eigenvalue weighted by atomic mass is 10.2. The predicted octanol–water partition coefficient (Wildman–Crippen LogP) is 2.25. The Balaban J connectivity index is 1.84. The second-order valence-corrected chi connectivity index (χ2v) is 6.74. The van der Waals surface area contributed by atoms with Crippen LogP contribution in [0.1, 0.15) is 5.56 Å². The van der Waals surface area contributed by atoms with Crippen LogP contribution in [-0.2, 0) is 16.6 Å². The molecule has 0 saturated heterocycles. The van der Waals surface area contributed by atoms with E-state index in [2.05, 4.69) is 9.71 Å². The second kappa shape index (κ2) is 5.60. The summed E-state index contributed by atoms with van der Waals surface area (Å²) >= 11 is 5.90. The minimum atomic E-state index is -3.71. The predicted molar refractivity (Wildman–Crippen MR) is 82.3 cm³/mol. The van der Waals surface area contributed by atoms with E-state index >= 15 is 0 Å². The van der Waals surface area contributed by atoms with Crippen molar-refractivity contribution in [3.8, 4) is 0 Å². The minimum absolute atomic E-state index is 0.0227. The monoisotopic (exact) mass is 338 g/mol. The topological polar surface area (TPSA) is 92.2 Å². The number of oxazole rings is 1. The third-order valence-electron chi connectivity index (χ3n) is 3.08. The Kier molecular flexibility index (Phi) is 3.78. The van der Waals surface area contributed by atoms with Gasteiger partial charge in [0.15, 0.2) is 5.58 Å². The van der Waals surface area contributed by atoms with Gasteiger partial charge in [0, 0.05) is 6.54 Å². The van der Waals surface area contributed by atoms with Crippen molar-refractivity contribution in [2.24, 2.45) is 0 Å². The number of aromatic nitrogens is 1. The van der Waals surface area contributed by atoms with E-state index in [-0.39, 0.29) is 16.5 Å². The van der Waals surface area contributed by atoms with Gasteiger partial charge in [0.05, 0.1) is 10.5 Å². The van der Waals surface area contributed by atoms with E-state index in [0.29, 0.717) is 16.7 Å². The molecule has 0 radical (unpaired) electrons. The second-order valence-electron chi connectivity index (χ2n) is 4.60. The zero-order valence-electron chi connectivity index (χ0n) is 11.2. The van der Waals surface area contributed by atoms with Crippen LogP contribution in [-0.4, -0.2) is 13.4 Å². The van der Waals surface area contributed by atoms with Crippen molar-refractivity contribution in [2.75, 3.05) is 0 Å². The van der Waals surface area contributed by atoms with Gasteiger partial charge in [-0.1, -0.05) is 29.8 Å². The number of nitrogens with one attached hydrogen (secondary N) is 2. The van der Waals surface area contributed by atoms with Crippen molar-refractivity contribution in [1.29, 1.82) is 0 Å². The van der Waals surface area contributed by atoms with Crippen molar-refractivity contribution >= 4 is 32.7 Å². The molecule has 2 aromatic carbocycles. The fraction of sp³-hybridized carbons (Fsp3) is 0.0714. The van der Waals surface area contributed by atoms with Crippen LogP contribution in [0.3, 0.4) is 0 Å². The molecule has 0 atom stereocenters. The van der Waals surface area contributed by atoms with E-state index in [1.54, 1.807) is 30.3 Å². The number of sulfonamides is 1. The maximum absolute atomic E-state index is 12.2. The lowest BCUT2D eigenvalue weighted by Gasteiger charge is -2.08. The van der Waals surface area contributed by atoms with Crippen molar-refractivity contribution in [3.05, 3.63) is 63.6 Å². The van der Waals surface area contributed by atoms with Gasteiger partial charge in [0.1, 0.15) is 4.90 Å². The molecule has 0 aliphatic carbocycles. The molecule has 0 bridgehead atoms. The first-order valence-electron chi connectivity index (χ1n) is 6.32. The smallest absolute Gasteiger partial charge is 0.408 e. The Labute approximate surface area is 130 Å². The molecule has 22 heavy (non-hydrogen) atoms. The highest BCUT2D eigenvalue weighted by Gasteiger charge is 2.17. The fourth-order valence-electron chi connectivity index (χ4n) is 2.03. The Morgan fingerprint density at radius 2 is 1.95 bits per heavy atom. The summed E-state index contributed by atoms with van der Waals surface area (Å²) in [5, 5.41) is 0.157. The summed E-state index contributed by atoms with van der Waals surface area (Å²) in [5.41, 5.74) is 1.61. The van der Waals surface area contributed by atoms with E-state index in [4.69, 9.17) is 16.0 Å². The van der Waals surface area contributed by atoms with Gasteiger partial charge in [-0.25, -0.2) is 17.9 Å². The maximum atomic E-state index is 12.2. The van der Waals surface area contributed by atoms with Crippen LogP contribution in [0.25, 0.3) is 11.1 Å². The first kappa shape index (κ1) is 14.8. The highest BCUT2D eigenvalue weighted by molar-refractivity contribution is 7.89. The SMILES string of the molecule is O=c1[nH]c2cc(CNS(=O)(=O)c3ccccc3Cl)ccc2o1. The highest BCUT2D eigenvalue weighted by Crippen LogP contribution is 2.20. The standard InChI is InChI=1S/C14H11ClN2O4S/c15-10-3-1-2-4-13(10)22(19,20)16-8-9-5-6-12-11(7-9)17-14(18)21-12/h1-7,16H,8H2,(H,17,18). The first-order valence-corrected chi connectivity index (χ1v) is 8.18.